The first-order valence-corrected chi connectivity index (χ1v) is 32.3. The summed E-state index contributed by atoms with van der Waals surface area (Å²) in [6.45, 7) is 0. The molecule has 7 aromatic carbocycles. The van der Waals surface area contributed by atoms with Crippen LogP contribution in [0.25, 0.3) is 119 Å². The number of thiophene rings is 5. The molecule has 7 nitrogen and oxygen atoms in total. The summed E-state index contributed by atoms with van der Waals surface area (Å²) < 4.78 is 0. The lowest BCUT2D eigenvalue weighted by Gasteiger charge is -2.26. The third kappa shape index (κ3) is 10.5. The summed E-state index contributed by atoms with van der Waals surface area (Å²) in [6, 6.07) is 87.4. The van der Waals surface area contributed by atoms with E-state index in [1.165, 1.54) is 0 Å². The molecule has 0 atom stereocenters. The average molecular weight is 1210 g/mol. The van der Waals surface area contributed by atoms with E-state index in [9.17, 15) is 21.0 Å². The maximum atomic E-state index is 11.2. The van der Waals surface area contributed by atoms with Crippen molar-refractivity contribution in [2.24, 2.45) is 0 Å². The molecule has 0 bridgehead atoms. The van der Waals surface area contributed by atoms with Gasteiger partial charge in [-0.15, -0.1) is 56.7 Å². The fourth-order valence-electron chi connectivity index (χ4n) is 11.2. The third-order valence-corrected chi connectivity index (χ3v) is 20.1. The van der Waals surface area contributed by atoms with E-state index in [-0.39, 0.29) is 0 Å². The van der Waals surface area contributed by atoms with Gasteiger partial charge in [0, 0.05) is 74.8 Å². The van der Waals surface area contributed by atoms with E-state index < -0.39 is 0 Å². The number of nitrogens with zero attached hydrogens (tertiary/aromatic N) is 7. The molecule has 0 saturated carbocycles. The fraction of sp³-hybridized carbons (Fsp3) is 0. The minimum atomic E-state index is 0.297. The molecule has 0 unspecified atom stereocenters. The van der Waals surface area contributed by atoms with Gasteiger partial charge in [0.15, 0.2) is 0 Å². The summed E-state index contributed by atoms with van der Waals surface area (Å²) in [6.07, 6.45) is 0. The van der Waals surface area contributed by atoms with Crippen LogP contribution in [0, 0.1) is 45.3 Å². The summed E-state index contributed by atoms with van der Waals surface area (Å²) in [5, 5.41) is 55.2. The SMILES string of the molecule is N#Cc1c(-c2ccc(-c3cccs3)cc2)nc(-c2ccc(-c3cccs3)cc2)c(C#N)c1-c1ccc(N(c2ccc(-c3cccs3)cc2)c2ccc(-c3c(C#N)c(-c4ccc(-c5cccs5)cc4)nc(-c4ccc(-c5cccs5)cc4)c3C#N)cc2)cc1. The molecule has 0 saturated heterocycles. The van der Waals surface area contributed by atoms with Crippen LogP contribution in [-0.2, 0) is 0 Å². The molecule has 0 aliphatic rings. The van der Waals surface area contributed by atoms with Crippen LogP contribution in [0.3, 0.4) is 0 Å². The monoisotopic (exact) mass is 1210 g/mol. The molecule has 0 N–H and O–H groups in total. The van der Waals surface area contributed by atoms with Crippen LogP contribution in [0.1, 0.15) is 22.3 Å². The molecule has 0 aliphatic heterocycles. The lowest BCUT2D eigenvalue weighted by molar-refractivity contribution is 1.27. The van der Waals surface area contributed by atoms with Crippen molar-refractivity contribution in [3.8, 4) is 144 Å². The molecular weight excluding hydrogens is 1170 g/mol. The van der Waals surface area contributed by atoms with Gasteiger partial charge in [-0.05, 0) is 133 Å². The fourth-order valence-corrected chi connectivity index (χ4v) is 14.8. The molecular formula is C76H43N7S5. The van der Waals surface area contributed by atoms with Crippen molar-refractivity contribution in [2.75, 3.05) is 4.90 Å². The highest BCUT2D eigenvalue weighted by Crippen LogP contribution is 2.45. The average Bonchev–Trinajstić information content (AvgIpc) is 1.80. The molecule has 0 amide bonds. The van der Waals surface area contributed by atoms with Gasteiger partial charge in [-0.3, -0.25) is 0 Å². The maximum Gasteiger partial charge on any atom is 0.102 e. The second-order valence-electron chi connectivity index (χ2n) is 20.5. The van der Waals surface area contributed by atoms with Crippen molar-refractivity contribution in [1.29, 1.82) is 21.0 Å². The number of anilines is 3. The maximum absolute atomic E-state index is 11.2. The first kappa shape index (κ1) is 55.0. The zero-order valence-corrected chi connectivity index (χ0v) is 50.6. The molecule has 14 aromatic rings. The van der Waals surface area contributed by atoms with E-state index in [1.807, 2.05) is 127 Å². The molecule has 12 heteroatoms. The van der Waals surface area contributed by atoms with Gasteiger partial charge in [0.25, 0.3) is 0 Å². The Labute approximate surface area is 529 Å². The Bertz CT molecular complexity index is 4460. The summed E-state index contributed by atoms with van der Waals surface area (Å²) in [7, 11) is 0. The number of hydrogen-bond donors (Lipinski definition) is 0. The second-order valence-corrected chi connectivity index (χ2v) is 25.2. The quantitative estimate of drug-likeness (QED) is 0.106. The third-order valence-electron chi connectivity index (χ3n) is 15.5. The van der Waals surface area contributed by atoms with Gasteiger partial charge in [0.05, 0.1) is 45.0 Å². The van der Waals surface area contributed by atoms with Crippen molar-refractivity contribution < 1.29 is 0 Å². The van der Waals surface area contributed by atoms with Crippen LogP contribution in [0.5, 0.6) is 0 Å². The molecule has 0 aliphatic carbocycles. The van der Waals surface area contributed by atoms with Crippen molar-refractivity contribution in [3.63, 3.8) is 0 Å². The topological polar surface area (TPSA) is 124 Å². The van der Waals surface area contributed by atoms with E-state index in [0.717, 1.165) is 91.5 Å². The van der Waals surface area contributed by atoms with Crippen molar-refractivity contribution in [2.45, 2.75) is 0 Å². The minimum absolute atomic E-state index is 0.297. The lowest BCUT2D eigenvalue weighted by atomic mass is 9.89. The van der Waals surface area contributed by atoms with Crippen molar-refractivity contribution in [1.82, 2.24) is 9.97 Å². The van der Waals surface area contributed by atoms with Crippen molar-refractivity contribution >= 4 is 73.7 Å². The van der Waals surface area contributed by atoms with E-state index in [0.29, 0.717) is 67.3 Å². The van der Waals surface area contributed by atoms with Gasteiger partial charge in [-0.1, -0.05) is 164 Å². The van der Waals surface area contributed by atoms with Crippen LogP contribution in [0.15, 0.2) is 257 Å². The molecule has 0 radical (unpaired) electrons. The summed E-state index contributed by atoms with van der Waals surface area (Å²) in [5.41, 5.74) is 16.3. The van der Waals surface area contributed by atoms with Crippen LogP contribution < -0.4 is 4.90 Å². The number of rotatable bonds is 14. The zero-order chi connectivity index (χ0) is 59.5. The Morgan fingerprint density at radius 3 is 0.625 bits per heavy atom. The Morgan fingerprint density at radius 2 is 0.432 bits per heavy atom. The van der Waals surface area contributed by atoms with E-state index >= 15 is 0 Å². The first-order chi connectivity index (χ1) is 43.4. The molecule has 7 heterocycles. The lowest BCUT2D eigenvalue weighted by Crippen LogP contribution is -2.10. The molecule has 7 aromatic heterocycles. The smallest absolute Gasteiger partial charge is 0.102 e. The van der Waals surface area contributed by atoms with Crippen molar-refractivity contribution in [3.05, 3.63) is 280 Å². The predicted octanol–water partition coefficient (Wildman–Crippen LogP) is 22.1. The summed E-state index contributed by atoms with van der Waals surface area (Å²) in [4.78, 5) is 18.2. The Kier molecular flexibility index (Phi) is 15.1. The van der Waals surface area contributed by atoms with Crippen LogP contribution in [-0.4, -0.2) is 9.97 Å². The second kappa shape index (κ2) is 24.2. The summed E-state index contributed by atoms with van der Waals surface area (Å²) in [5.74, 6) is 0. The zero-order valence-electron chi connectivity index (χ0n) is 46.5. The number of benzene rings is 7. The summed E-state index contributed by atoms with van der Waals surface area (Å²) >= 11 is 8.33. The molecule has 14 rings (SSSR count). The molecule has 412 valence electrons. The predicted molar refractivity (Wildman–Crippen MR) is 365 cm³/mol. The number of pyridine rings is 2. The molecule has 0 spiro atoms. The van der Waals surface area contributed by atoms with Gasteiger partial charge in [0.1, 0.15) is 24.3 Å². The minimum Gasteiger partial charge on any atom is -0.311 e. The number of hydrogen-bond acceptors (Lipinski definition) is 12. The van der Waals surface area contributed by atoms with Crippen LogP contribution in [0.2, 0.25) is 0 Å². The van der Waals surface area contributed by atoms with Gasteiger partial charge in [-0.2, -0.15) is 21.0 Å². The largest absolute Gasteiger partial charge is 0.311 e. The van der Waals surface area contributed by atoms with Gasteiger partial charge in [0.2, 0.25) is 0 Å². The Balaban J connectivity index is 0.895. The van der Waals surface area contributed by atoms with E-state index in [1.54, 1.807) is 56.7 Å². The van der Waals surface area contributed by atoms with Crippen LogP contribution in [0.4, 0.5) is 17.1 Å². The highest BCUT2D eigenvalue weighted by molar-refractivity contribution is 7.14. The van der Waals surface area contributed by atoms with E-state index in [4.69, 9.17) is 9.97 Å². The number of nitriles is 4. The highest BCUT2D eigenvalue weighted by atomic mass is 32.1. The normalized spacial score (nSPS) is 10.9. The number of aromatic nitrogens is 2. The van der Waals surface area contributed by atoms with Gasteiger partial charge >= 0.3 is 0 Å². The molecule has 88 heavy (non-hydrogen) atoms. The van der Waals surface area contributed by atoms with Crippen LogP contribution >= 0.6 is 56.7 Å². The Morgan fingerprint density at radius 1 is 0.239 bits per heavy atom. The van der Waals surface area contributed by atoms with E-state index in [2.05, 4.69) is 159 Å². The highest BCUT2D eigenvalue weighted by Gasteiger charge is 2.27. The molecule has 0 fully saturated rings. The standard InChI is InChI=1S/C76H43N7S5/c77-44-62-71(63(45-78)74(56-21-13-49(14-22-56)67-7-2-40-85-67)81-73(62)55-19-11-48(12-20-55)66-6-1-39-84-66)53-29-35-60(36-30-53)83(59-33-27-52(28-34-59)70-10-5-43-88-70)61-37-31-54(32-38-61)72-64(46-79)75(57-23-15-50(16-24-57)68-8-3-41-86-68)82-76(65(72)47-80)58-25-17-51(18-26-58)69-9-4-42-87-69/h1-43H. The van der Waals surface area contributed by atoms with Gasteiger partial charge in [-0.25, -0.2) is 9.97 Å². The first-order valence-electron chi connectivity index (χ1n) is 27.9. The van der Waals surface area contributed by atoms with Gasteiger partial charge < -0.3 is 4.90 Å². The Hall–Kier alpha value is -10.9.